The molecule has 1 rings (SSSR count). The number of esters is 1. The monoisotopic (exact) mass is 254 g/mol. The molecular weight excluding hydrogens is 236 g/mol. The minimum Gasteiger partial charge on any atom is -0.476 e. The van der Waals surface area contributed by atoms with Gasteiger partial charge in [-0.2, -0.15) is 0 Å². The highest BCUT2D eigenvalue weighted by Gasteiger charge is 2.24. The van der Waals surface area contributed by atoms with Crippen molar-refractivity contribution in [2.24, 2.45) is 5.92 Å². The van der Waals surface area contributed by atoms with Crippen LogP contribution in [0.4, 0.5) is 0 Å². The Labute approximate surface area is 105 Å². The topological polar surface area (TPSA) is 92.3 Å². The summed E-state index contributed by atoms with van der Waals surface area (Å²) in [5, 5.41) is 8.85. The fourth-order valence-corrected chi connectivity index (χ4v) is 1.89. The number of aromatic nitrogens is 2. The number of hydrogen-bond acceptors (Lipinski definition) is 4. The Morgan fingerprint density at radius 2 is 2.06 bits per heavy atom. The number of nitrogens with one attached hydrogen (secondary N) is 1. The van der Waals surface area contributed by atoms with Crippen LogP contribution in [-0.2, 0) is 4.74 Å². The molecule has 0 amide bonds. The van der Waals surface area contributed by atoms with Crippen molar-refractivity contribution in [3.63, 3.8) is 0 Å². The van der Waals surface area contributed by atoms with Gasteiger partial charge in [-0.25, -0.2) is 14.6 Å². The van der Waals surface area contributed by atoms with Crippen LogP contribution in [0, 0.1) is 5.92 Å². The molecule has 1 atom stereocenters. The van der Waals surface area contributed by atoms with E-state index in [4.69, 9.17) is 9.84 Å². The molecule has 1 aromatic heterocycles. The maximum Gasteiger partial charge on any atom is 0.357 e. The van der Waals surface area contributed by atoms with Crippen LogP contribution >= 0.6 is 0 Å². The van der Waals surface area contributed by atoms with E-state index in [0.717, 1.165) is 12.8 Å². The van der Waals surface area contributed by atoms with Crippen molar-refractivity contribution in [3.8, 4) is 0 Å². The lowest BCUT2D eigenvalue weighted by atomic mass is 9.98. The quantitative estimate of drug-likeness (QED) is 0.758. The molecule has 0 aromatic carbocycles. The maximum absolute atomic E-state index is 11.8. The van der Waals surface area contributed by atoms with Crippen LogP contribution in [0.1, 0.15) is 54.6 Å². The standard InChI is InChI=1S/C12H18N2O4/c1-4-8(5-2)7(3)18-12(17)10-9(11(15)16)13-6-14-10/h6-8H,4-5H2,1-3H3,(H,13,14)(H,15,16). The lowest BCUT2D eigenvalue weighted by Crippen LogP contribution is -2.24. The van der Waals surface area contributed by atoms with Gasteiger partial charge in [-0.1, -0.05) is 13.8 Å². The highest BCUT2D eigenvalue weighted by atomic mass is 16.5. The molecule has 0 aliphatic rings. The van der Waals surface area contributed by atoms with E-state index in [1.807, 2.05) is 20.8 Å². The molecule has 1 heterocycles. The van der Waals surface area contributed by atoms with Gasteiger partial charge in [0.2, 0.25) is 0 Å². The zero-order valence-corrected chi connectivity index (χ0v) is 10.8. The highest BCUT2D eigenvalue weighted by molar-refractivity contribution is 5.99. The summed E-state index contributed by atoms with van der Waals surface area (Å²) in [5.41, 5.74) is -0.419. The summed E-state index contributed by atoms with van der Waals surface area (Å²) < 4.78 is 5.26. The largest absolute Gasteiger partial charge is 0.476 e. The number of rotatable bonds is 6. The molecule has 0 bridgehead atoms. The van der Waals surface area contributed by atoms with Crippen LogP contribution in [0.3, 0.4) is 0 Å². The van der Waals surface area contributed by atoms with Gasteiger partial charge in [-0.3, -0.25) is 0 Å². The van der Waals surface area contributed by atoms with Crippen molar-refractivity contribution >= 4 is 11.9 Å². The highest BCUT2D eigenvalue weighted by Crippen LogP contribution is 2.17. The molecule has 1 unspecified atom stereocenters. The van der Waals surface area contributed by atoms with Crippen LogP contribution in [0.15, 0.2) is 6.33 Å². The summed E-state index contributed by atoms with van der Waals surface area (Å²) in [6, 6.07) is 0. The van der Waals surface area contributed by atoms with E-state index < -0.39 is 11.9 Å². The van der Waals surface area contributed by atoms with E-state index in [-0.39, 0.29) is 23.4 Å². The van der Waals surface area contributed by atoms with Crippen molar-refractivity contribution in [2.75, 3.05) is 0 Å². The van der Waals surface area contributed by atoms with Gasteiger partial charge < -0.3 is 14.8 Å². The number of aromatic amines is 1. The number of carbonyl (C=O) groups is 2. The number of carboxylic acids is 1. The Balaban J connectivity index is 2.76. The first-order valence-corrected chi connectivity index (χ1v) is 5.98. The van der Waals surface area contributed by atoms with Gasteiger partial charge in [0.25, 0.3) is 0 Å². The first kappa shape index (κ1) is 14.2. The number of H-pyrrole nitrogens is 1. The van der Waals surface area contributed by atoms with Crippen molar-refractivity contribution < 1.29 is 19.4 Å². The molecule has 6 nitrogen and oxygen atoms in total. The normalized spacial score (nSPS) is 12.4. The van der Waals surface area contributed by atoms with Gasteiger partial charge in [0.15, 0.2) is 11.4 Å². The Bertz CT molecular complexity index is 423. The lowest BCUT2D eigenvalue weighted by molar-refractivity contribution is 0.0174. The summed E-state index contributed by atoms with van der Waals surface area (Å²) in [7, 11) is 0. The Morgan fingerprint density at radius 3 is 2.56 bits per heavy atom. The van der Waals surface area contributed by atoms with Crippen LogP contribution in [0.5, 0.6) is 0 Å². The molecule has 0 aliphatic carbocycles. The minimum absolute atomic E-state index is 0.111. The fourth-order valence-electron chi connectivity index (χ4n) is 1.89. The van der Waals surface area contributed by atoms with Gasteiger partial charge in [0, 0.05) is 0 Å². The van der Waals surface area contributed by atoms with Crippen molar-refractivity contribution in [1.82, 2.24) is 9.97 Å². The van der Waals surface area contributed by atoms with E-state index in [2.05, 4.69) is 9.97 Å². The number of nitrogens with zero attached hydrogens (tertiary/aromatic N) is 1. The fraction of sp³-hybridized carbons (Fsp3) is 0.583. The second kappa shape index (κ2) is 6.18. The number of hydrogen-bond donors (Lipinski definition) is 2. The summed E-state index contributed by atoms with van der Waals surface area (Å²) >= 11 is 0. The number of carbonyl (C=O) groups excluding carboxylic acids is 1. The molecule has 18 heavy (non-hydrogen) atoms. The van der Waals surface area contributed by atoms with E-state index in [0.29, 0.717) is 0 Å². The van der Waals surface area contributed by atoms with E-state index >= 15 is 0 Å². The van der Waals surface area contributed by atoms with Crippen molar-refractivity contribution in [3.05, 3.63) is 17.7 Å². The molecule has 0 spiro atoms. The number of carboxylic acid groups (broad SMARTS) is 1. The van der Waals surface area contributed by atoms with Crippen molar-refractivity contribution in [2.45, 2.75) is 39.7 Å². The zero-order chi connectivity index (χ0) is 13.7. The predicted molar refractivity (Wildman–Crippen MR) is 64.5 cm³/mol. The lowest BCUT2D eigenvalue weighted by Gasteiger charge is -2.21. The summed E-state index contributed by atoms with van der Waals surface area (Å²) in [6.45, 7) is 5.86. The van der Waals surface area contributed by atoms with Gasteiger partial charge >= 0.3 is 11.9 Å². The average molecular weight is 254 g/mol. The van der Waals surface area contributed by atoms with Gasteiger partial charge in [-0.05, 0) is 25.7 Å². The smallest absolute Gasteiger partial charge is 0.357 e. The Hall–Kier alpha value is -1.85. The molecule has 0 fully saturated rings. The second-order valence-electron chi connectivity index (χ2n) is 4.12. The molecule has 0 saturated heterocycles. The second-order valence-corrected chi connectivity index (χ2v) is 4.12. The molecule has 0 radical (unpaired) electrons. The first-order chi connectivity index (χ1) is 8.51. The van der Waals surface area contributed by atoms with Gasteiger partial charge in [0.1, 0.15) is 6.10 Å². The van der Waals surface area contributed by atoms with Gasteiger partial charge in [-0.15, -0.1) is 0 Å². The van der Waals surface area contributed by atoms with E-state index in [1.54, 1.807) is 0 Å². The maximum atomic E-state index is 11.8. The van der Waals surface area contributed by atoms with E-state index in [1.165, 1.54) is 6.33 Å². The summed E-state index contributed by atoms with van der Waals surface area (Å²) in [6.07, 6.45) is 2.72. The van der Waals surface area contributed by atoms with Crippen LogP contribution in [0.2, 0.25) is 0 Å². The van der Waals surface area contributed by atoms with Crippen molar-refractivity contribution in [1.29, 1.82) is 0 Å². The third-order valence-corrected chi connectivity index (χ3v) is 3.05. The Kier molecular flexibility index (Phi) is 4.88. The summed E-state index contributed by atoms with van der Waals surface area (Å²) in [4.78, 5) is 28.7. The molecule has 6 heteroatoms. The molecule has 100 valence electrons. The van der Waals surface area contributed by atoms with Crippen LogP contribution < -0.4 is 0 Å². The number of imidazole rings is 1. The molecule has 0 aliphatic heterocycles. The zero-order valence-electron chi connectivity index (χ0n) is 10.8. The average Bonchev–Trinajstić information content (AvgIpc) is 2.79. The predicted octanol–water partition coefficient (Wildman–Crippen LogP) is 2.09. The van der Waals surface area contributed by atoms with Crippen LogP contribution in [0.25, 0.3) is 0 Å². The minimum atomic E-state index is -1.25. The van der Waals surface area contributed by atoms with Crippen LogP contribution in [-0.4, -0.2) is 33.1 Å². The van der Waals surface area contributed by atoms with Gasteiger partial charge in [0.05, 0.1) is 6.33 Å². The molecule has 2 N–H and O–H groups in total. The third-order valence-electron chi connectivity index (χ3n) is 3.05. The summed E-state index contributed by atoms with van der Waals surface area (Å²) in [5.74, 6) is -1.66. The molecular formula is C12H18N2O4. The SMILES string of the molecule is CCC(CC)C(C)OC(=O)c1[nH]cnc1C(=O)O. The first-order valence-electron chi connectivity index (χ1n) is 5.98. The molecule has 1 aromatic rings. The molecule has 0 saturated carbocycles. The number of aromatic carboxylic acids is 1. The third kappa shape index (κ3) is 3.09. The number of ether oxygens (including phenoxy) is 1. The van der Waals surface area contributed by atoms with E-state index in [9.17, 15) is 9.59 Å². The Morgan fingerprint density at radius 1 is 1.44 bits per heavy atom.